The molecule has 27 heavy (non-hydrogen) atoms. The van der Waals surface area contributed by atoms with Crippen molar-refractivity contribution in [2.45, 2.75) is 13.0 Å². The van der Waals surface area contributed by atoms with Gasteiger partial charge in [0, 0.05) is 11.6 Å². The Kier molecular flexibility index (Phi) is 4.25. The van der Waals surface area contributed by atoms with E-state index in [1.807, 2.05) is 0 Å². The quantitative estimate of drug-likeness (QED) is 0.656. The molecule has 1 fully saturated rings. The molecule has 4 rings (SSSR count). The summed E-state index contributed by atoms with van der Waals surface area (Å²) >= 11 is 0. The van der Waals surface area contributed by atoms with Gasteiger partial charge in [-0.2, -0.15) is 0 Å². The lowest BCUT2D eigenvalue weighted by atomic mass is 10.2. The largest absolute Gasteiger partial charge is 0.389 e. The van der Waals surface area contributed by atoms with Crippen LogP contribution in [0, 0.1) is 18.6 Å². The fraction of sp³-hybridized carbons (Fsp3) is 0.222. The molecular formula is C18H16F2N4O3. The van der Waals surface area contributed by atoms with E-state index in [2.05, 4.69) is 15.3 Å². The minimum Gasteiger partial charge on any atom is -0.389 e. The molecule has 0 radical (unpaired) electrons. The van der Waals surface area contributed by atoms with Crippen molar-refractivity contribution in [1.82, 2.24) is 15.0 Å². The van der Waals surface area contributed by atoms with Crippen LogP contribution >= 0.6 is 0 Å². The predicted octanol–water partition coefficient (Wildman–Crippen LogP) is 2.64. The number of pyridine rings is 1. The van der Waals surface area contributed by atoms with E-state index >= 15 is 0 Å². The molecule has 3 heterocycles. The number of β-amino-alcohol motifs (C(OH)–C–C–N with tert-alkyl or cyclic N) is 1. The Balaban J connectivity index is 1.82. The number of aliphatic hydroxyl groups is 1. The fourth-order valence-corrected chi connectivity index (χ4v) is 2.96. The number of aliphatic hydroxyl groups excluding tert-OH is 1. The lowest BCUT2D eigenvalue weighted by molar-refractivity contribution is -0.0782. The van der Waals surface area contributed by atoms with Crippen molar-refractivity contribution in [3.63, 3.8) is 0 Å². The van der Waals surface area contributed by atoms with Gasteiger partial charge in [0.05, 0.1) is 29.6 Å². The lowest BCUT2D eigenvalue weighted by Crippen LogP contribution is -2.29. The summed E-state index contributed by atoms with van der Waals surface area (Å²) in [6.07, 6.45) is 1.59. The number of hydrogen-bond acceptors (Lipinski definition) is 5. The van der Waals surface area contributed by atoms with Crippen LogP contribution in [-0.2, 0) is 4.84 Å². The highest BCUT2D eigenvalue weighted by Crippen LogP contribution is 2.33. The molecule has 140 valence electrons. The summed E-state index contributed by atoms with van der Waals surface area (Å²) in [5.74, 6) is -1.78. The minimum absolute atomic E-state index is 0.0166. The molecule has 1 aliphatic heterocycles. The number of nitrogens with zero attached hydrogens (tertiary/aromatic N) is 2. The second-order valence-electron chi connectivity index (χ2n) is 6.34. The van der Waals surface area contributed by atoms with Crippen LogP contribution in [-0.4, -0.2) is 45.3 Å². The maximum atomic E-state index is 14.3. The minimum atomic E-state index is -0.803. The molecule has 0 spiro atoms. The van der Waals surface area contributed by atoms with E-state index in [1.54, 1.807) is 13.0 Å². The first kappa shape index (κ1) is 17.4. The SMILES string of the molecule is Cc1ccc(Nc2c(C(=O)N3CC(O)CO3)[nH]c3c(F)cncc23)c(F)c1. The first-order chi connectivity index (χ1) is 12.9. The van der Waals surface area contributed by atoms with E-state index in [1.165, 1.54) is 18.3 Å². The number of carbonyl (C=O) groups is 1. The number of amides is 1. The smallest absolute Gasteiger partial charge is 0.296 e. The molecule has 0 aliphatic carbocycles. The highest BCUT2D eigenvalue weighted by molar-refractivity contribution is 6.08. The van der Waals surface area contributed by atoms with Gasteiger partial charge in [0.2, 0.25) is 0 Å². The molecule has 7 nitrogen and oxygen atoms in total. The Morgan fingerprint density at radius 2 is 2.19 bits per heavy atom. The first-order valence-electron chi connectivity index (χ1n) is 8.25. The van der Waals surface area contributed by atoms with E-state index < -0.39 is 23.6 Å². The molecule has 3 N–H and O–H groups in total. The number of fused-ring (bicyclic) bond motifs is 1. The lowest BCUT2D eigenvalue weighted by Gasteiger charge is -2.15. The molecule has 1 aromatic carbocycles. The second-order valence-corrected chi connectivity index (χ2v) is 6.34. The topological polar surface area (TPSA) is 90.5 Å². The number of hydroxylamine groups is 2. The van der Waals surface area contributed by atoms with Gasteiger partial charge in [0.15, 0.2) is 5.82 Å². The number of nitrogens with one attached hydrogen (secondary N) is 2. The molecule has 0 bridgehead atoms. The molecule has 1 aliphatic rings. The number of aryl methyl sites for hydroxylation is 1. The van der Waals surface area contributed by atoms with Gasteiger partial charge in [0.1, 0.15) is 24.2 Å². The Morgan fingerprint density at radius 1 is 1.37 bits per heavy atom. The zero-order chi connectivity index (χ0) is 19.1. The van der Waals surface area contributed by atoms with Crippen molar-refractivity contribution in [3.8, 4) is 0 Å². The van der Waals surface area contributed by atoms with E-state index in [0.29, 0.717) is 0 Å². The van der Waals surface area contributed by atoms with Crippen LogP contribution < -0.4 is 5.32 Å². The first-order valence-corrected chi connectivity index (χ1v) is 8.25. The number of H-pyrrole nitrogens is 1. The Morgan fingerprint density at radius 3 is 2.89 bits per heavy atom. The Bertz CT molecular complexity index is 1040. The van der Waals surface area contributed by atoms with E-state index in [-0.39, 0.29) is 41.1 Å². The van der Waals surface area contributed by atoms with Gasteiger partial charge in [0.25, 0.3) is 5.91 Å². The Labute approximate surface area is 152 Å². The van der Waals surface area contributed by atoms with Gasteiger partial charge >= 0.3 is 0 Å². The third-order valence-corrected chi connectivity index (χ3v) is 4.29. The fourth-order valence-electron chi connectivity index (χ4n) is 2.96. The zero-order valence-electron chi connectivity index (χ0n) is 14.3. The number of hydrogen-bond donors (Lipinski definition) is 3. The summed E-state index contributed by atoms with van der Waals surface area (Å²) in [5, 5.41) is 13.7. The molecule has 0 saturated carbocycles. The number of carbonyl (C=O) groups excluding carboxylic acids is 1. The van der Waals surface area contributed by atoms with E-state index in [9.17, 15) is 18.7 Å². The van der Waals surface area contributed by atoms with Crippen molar-refractivity contribution in [3.05, 3.63) is 53.5 Å². The standard InChI is InChI=1S/C18H16F2N4O3/c1-9-2-3-14(12(19)4-9)22-16-11-5-21-6-13(20)15(11)23-17(16)18(26)24-7-10(25)8-27-24/h2-6,10,22-23,25H,7-8H2,1H3. The van der Waals surface area contributed by atoms with Crippen LogP contribution in [0.2, 0.25) is 0 Å². The van der Waals surface area contributed by atoms with Gasteiger partial charge in [-0.05, 0) is 24.6 Å². The van der Waals surface area contributed by atoms with Gasteiger partial charge in [-0.15, -0.1) is 0 Å². The number of aromatic nitrogens is 2. The van der Waals surface area contributed by atoms with Crippen LogP contribution in [0.3, 0.4) is 0 Å². The van der Waals surface area contributed by atoms with E-state index in [0.717, 1.165) is 16.8 Å². The summed E-state index contributed by atoms with van der Waals surface area (Å²) in [7, 11) is 0. The highest BCUT2D eigenvalue weighted by Gasteiger charge is 2.31. The third kappa shape index (κ3) is 3.11. The van der Waals surface area contributed by atoms with Crippen LogP contribution in [0.1, 0.15) is 16.1 Å². The molecule has 9 heteroatoms. The summed E-state index contributed by atoms with van der Waals surface area (Å²) in [6, 6.07) is 4.58. The maximum absolute atomic E-state index is 14.3. The maximum Gasteiger partial charge on any atom is 0.296 e. The van der Waals surface area contributed by atoms with Gasteiger partial charge < -0.3 is 15.4 Å². The molecule has 1 saturated heterocycles. The summed E-state index contributed by atoms with van der Waals surface area (Å²) in [6.45, 7) is 1.72. The number of halogens is 2. The third-order valence-electron chi connectivity index (χ3n) is 4.29. The number of benzene rings is 1. The van der Waals surface area contributed by atoms with Crippen molar-refractivity contribution in [1.29, 1.82) is 0 Å². The van der Waals surface area contributed by atoms with Crippen LogP contribution in [0.4, 0.5) is 20.2 Å². The van der Waals surface area contributed by atoms with Crippen LogP contribution in [0.25, 0.3) is 10.9 Å². The normalized spacial score (nSPS) is 16.9. The van der Waals surface area contributed by atoms with E-state index in [4.69, 9.17) is 4.84 Å². The monoisotopic (exact) mass is 374 g/mol. The molecule has 2 aromatic heterocycles. The second kappa shape index (κ2) is 6.60. The average Bonchev–Trinajstić information content (AvgIpc) is 3.22. The summed E-state index contributed by atoms with van der Waals surface area (Å²) in [5.41, 5.74) is 1.08. The van der Waals surface area contributed by atoms with Crippen LogP contribution in [0.5, 0.6) is 0 Å². The van der Waals surface area contributed by atoms with Crippen molar-refractivity contribution in [2.24, 2.45) is 0 Å². The molecule has 3 aromatic rings. The average molecular weight is 374 g/mol. The number of rotatable bonds is 3. The number of aromatic amines is 1. The van der Waals surface area contributed by atoms with Gasteiger partial charge in [-0.1, -0.05) is 6.07 Å². The molecular weight excluding hydrogens is 358 g/mol. The number of anilines is 2. The van der Waals surface area contributed by atoms with Gasteiger partial charge in [-0.3, -0.25) is 14.6 Å². The summed E-state index contributed by atoms with van der Waals surface area (Å²) in [4.78, 5) is 24.5. The van der Waals surface area contributed by atoms with Crippen molar-refractivity contribution in [2.75, 3.05) is 18.5 Å². The highest BCUT2D eigenvalue weighted by atomic mass is 19.1. The predicted molar refractivity (Wildman–Crippen MR) is 93.5 cm³/mol. The van der Waals surface area contributed by atoms with Crippen molar-refractivity contribution >= 4 is 28.2 Å². The molecule has 1 unspecified atom stereocenters. The van der Waals surface area contributed by atoms with Crippen molar-refractivity contribution < 1.29 is 23.5 Å². The molecule has 1 amide bonds. The Hall–Kier alpha value is -3.04. The van der Waals surface area contributed by atoms with Crippen LogP contribution in [0.15, 0.2) is 30.6 Å². The van der Waals surface area contributed by atoms with Gasteiger partial charge in [-0.25, -0.2) is 13.8 Å². The summed E-state index contributed by atoms with van der Waals surface area (Å²) < 4.78 is 28.5. The molecule has 1 atom stereocenters. The zero-order valence-corrected chi connectivity index (χ0v) is 14.3.